The molecule has 118 valence electrons. The van der Waals surface area contributed by atoms with E-state index in [0.29, 0.717) is 0 Å². The lowest BCUT2D eigenvalue weighted by atomic mass is 10.0. The standard InChI is InChI=1S/C17H27NO3/c1-11(2)18(12(3)4)17(20)21-10-16(19)15-8-7-13(5)9-14(15)6/h7-9,11-12,16,19H,10H2,1-6H3. The lowest BCUT2D eigenvalue weighted by Gasteiger charge is -2.30. The smallest absolute Gasteiger partial charge is 0.410 e. The Bertz CT molecular complexity index is 475. The molecule has 0 spiro atoms. The Morgan fingerprint density at radius 3 is 2.24 bits per heavy atom. The monoisotopic (exact) mass is 293 g/mol. The van der Waals surface area contributed by atoms with E-state index in [1.54, 1.807) is 4.90 Å². The molecule has 1 aromatic rings. The fourth-order valence-electron chi connectivity index (χ4n) is 2.53. The number of hydrogen-bond donors (Lipinski definition) is 1. The number of carbonyl (C=O) groups excluding carboxylic acids is 1. The minimum absolute atomic E-state index is 0.0291. The quantitative estimate of drug-likeness (QED) is 0.902. The number of ether oxygens (including phenoxy) is 1. The second-order valence-electron chi connectivity index (χ2n) is 6.05. The van der Waals surface area contributed by atoms with Gasteiger partial charge in [-0.25, -0.2) is 4.79 Å². The maximum absolute atomic E-state index is 12.1. The van der Waals surface area contributed by atoms with Gasteiger partial charge in [0.15, 0.2) is 0 Å². The molecule has 1 N–H and O–H groups in total. The molecule has 0 aliphatic carbocycles. The lowest BCUT2D eigenvalue weighted by Crippen LogP contribution is -2.42. The second-order valence-corrected chi connectivity index (χ2v) is 6.05. The normalized spacial score (nSPS) is 12.6. The van der Waals surface area contributed by atoms with Gasteiger partial charge in [-0.1, -0.05) is 23.8 Å². The fourth-order valence-corrected chi connectivity index (χ4v) is 2.53. The Balaban J connectivity index is 2.67. The van der Waals surface area contributed by atoms with Gasteiger partial charge in [0.05, 0.1) is 0 Å². The molecule has 0 heterocycles. The summed E-state index contributed by atoms with van der Waals surface area (Å²) >= 11 is 0. The molecule has 0 saturated carbocycles. The summed E-state index contributed by atoms with van der Waals surface area (Å²) in [4.78, 5) is 13.8. The molecule has 0 aromatic heterocycles. The lowest BCUT2D eigenvalue weighted by molar-refractivity contribution is 0.0352. The maximum Gasteiger partial charge on any atom is 0.410 e. The molecule has 4 heteroatoms. The van der Waals surface area contributed by atoms with Crippen molar-refractivity contribution in [3.63, 3.8) is 0 Å². The highest BCUT2D eigenvalue weighted by Crippen LogP contribution is 2.20. The molecule has 1 rings (SSSR count). The highest BCUT2D eigenvalue weighted by atomic mass is 16.6. The van der Waals surface area contributed by atoms with Crippen LogP contribution in [0.5, 0.6) is 0 Å². The van der Waals surface area contributed by atoms with Gasteiger partial charge < -0.3 is 14.7 Å². The van der Waals surface area contributed by atoms with Gasteiger partial charge >= 0.3 is 6.09 Å². The van der Waals surface area contributed by atoms with Crippen LogP contribution in [0.15, 0.2) is 18.2 Å². The molecule has 1 aromatic carbocycles. The number of aryl methyl sites for hydroxylation is 2. The van der Waals surface area contributed by atoms with Crippen LogP contribution >= 0.6 is 0 Å². The summed E-state index contributed by atoms with van der Waals surface area (Å²) in [6.07, 6.45) is -1.18. The highest BCUT2D eigenvalue weighted by Gasteiger charge is 2.22. The zero-order valence-electron chi connectivity index (χ0n) is 13.9. The van der Waals surface area contributed by atoms with E-state index in [9.17, 15) is 9.90 Å². The van der Waals surface area contributed by atoms with Crippen molar-refractivity contribution in [2.45, 2.75) is 59.7 Å². The predicted octanol–water partition coefficient (Wildman–Crippen LogP) is 3.59. The fraction of sp³-hybridized carbons (Fsp3) is 0.588. The number of aliphatic hydroxyl groups excluding tert-OH is 1. The van der Waals surface area contributed by atoms with Crippen LogP contribution in [0, 0.1) is 13.8 Å². The Kier molecular flexibility index (Phi) is 6.21. The number of rotatable bonds is 5. The Labute approximate surface area is 127 Å². The van der Waals surface area contributed by atoms with E-state index in [1.807, 2.05) is 59.7 Å². The molecular formula is C17H27NO3. The van der Waals surface area contributed by atoms with Crippen molar-refractivity contribution in [2.24, 2.45) is 0 Å². The van der Waals surface area contributed by atoms with E-state index in [1.165, 1.54) is 0 Å². The molecule has 0 saturated heterocycles. The number of benzene rings is 1. The summed E-state index contributed by atoms with van der Waals surface area (Å²) < 4.78 is 5.27. The van der Waals surface area contributed by atoms with Gasteiger partial charge in [0.1, 0.15) is 12.7 Å². The third-order valence-corrected chi connectivity index (χ3v) is 3.47. The number of amides is 1. The van der Waals surface area contributed by atoms with Gasteiger partial charge in [0.25, 0.3) is 0 Å². The third-order valence-electron chi connectivity index (χ3n) is 3.47. The number of hydrogen-bond acceptors (Lipinski definition) is 3. The molecule has 0 aliphatic rings. The first kappa shape index (κ1) is 17.5. The summed E-state index contributed by atoms with van der Waals surface area (Å²) in [5, 5.41) is 10.2. The summed E-state index contributed by atoms with van der Waals surface area (Å²) in [5.74, 6) is 0. The van der Waals surface area contributed by atoms with Crippen molar-refractivity contribution in [3.8, 4) is 0 Å². The molecule has 0 radical (unpaired) electrons. The Morgan fingerprint density at radius 2 is 1.76 bits per heavy atom. The van der Waals surface area contributed by atoms with E-state index in [2.05, 4.69) is 0 Å². The average molecular weight is 293 g/mol. The molecule has 0 bridgehead atoms. The minimum Gasteiger partial charge on any atom is -0.446 e. The van der Waals surface area contributed by atoms with E-state index in [4.69, 9.17) is 4.74 Å². The van der Waals surface area contributed by atoms with Gasteiger partial charge in [0, 0.05) is 12.1 Å². The van der Waals surface area contributed by atoms with Gasteiger partial charge in [0.2, 0.25) is 0 Å². The number of aliphatic hydroxyl groups is 1. The topological polar surface area (TPSA) is 49.8 Å². The molecule has 0 aliphatic heterocycles. The van der Waals surface area contributed by atoms with Crippen LogP contribution in [0.2, 0.25) is 0 Å². The van der Waals surface area contributed by atoms with Crippen LogP contribution in [-0.2, 0) is 4.74 Å². The minimum atomic E-state index is -0.796. The van der Waals surface area contributed by atoms with Crippen molar-refractivity contribution in [3.05, 3.63) is 34.9 Å². The zero-order valence-corrected chi connectivity index (χ0v) is 13.9. The van der Waals surface area contributed by atoms with E-state index >= 15 is 0 Å². The predicted molar refractivity (Wildman–Crippen MR) is 84.3 cm³/mol. The van der Waals surface area contributed by atoms with E-state index in [0.717, 1.165) is 16.7 Å². The maximum atomic E-state index is 12.1. The summed E-state index contributed by atoms with van der Waals surface area (Å²) in [5.41, 5.74) is 2.95. The molecule has 0 fully saturated rings. The van der Waals surface area contributed by atoms with Crippen LogP contribution in [0.1, 0.15) is 50.5 Å². The van der Waals surface area contributed by atoms with Gasteiger partial charge in [-0.2, -0.15) is 0 Å². The van der Waals surface area contributed by atoms with Crippen molar-refractivity contribution in [1.82, 2.24) is 4.90 Å². The molecule has 1 unspecified atom stereocenters. The zero-order chi connectivity index (χ0) is 16.2. The van der Waals surface area contributed by atoms with Crippen LogP contribution in [0.4, 0.5) is 4.79 Å². The largest absolute Gasteiger partial charge is 0.446 e. The summed E-state index contributed by atoms with van der Waals surface area (Å²) in [7, 11) is 0. The first-order chi connectivity index (χ1) is 9.73. The number of nitrogens with zero attached hydrogens (tertiary/aromatic N) is 1. The molecule has 4 nitrogen and oxygen atoms in total. The SMILES string of the molecule is Cc1ccc(C(O)COC(=O)N(C(C)C)C(C)C)c(C)c1. The van der Waals surface area contributed by atoms with Crippen LogP contribution in [-0.4, -0.2) is 34.8 Å². The average Bonchev–Trinajstić information content (AvgIpc) is 2.35. The van der Waals surface area contributed by atoms with Crippen LogP contribution in [0.3, 0.4) is 0 Å². The van der Waals surface area contributed by atoms with Crippen molar-refractivity contribution in [2.75, 3.05) is 6.61 Å². The molecular weight excluding hydrogens is 266 g/mol. The van der Waals surface area contributed by atoms with Crippen molar-refractivity contribution >= 4 is 6.09 Å². The first-order valence-corrected chi connectivity index (χ1v) is 7.44. The van der Waals surface area contributed by atoms with Crippen molar-refractivity contribution in [1.29, 1.82) is 0 Å². The third kappa shape index (κ3) is 4.74. The Morgan fingerprint density at radius 1 is 1.19 bits per heavy atom. The summed E-state index contributed by atoms with van der Waals surface area (Å²) in [6, 6.07) is 5.97. The van der Waals surface area contributed by atoms with Gasteiger partial charge in [-0.05, 0) is 52.7 Å². The molecule has 21 heavy (non-hydrogen) atoms. The molecule has 1 amide bonds. The van der Waals surface area contributed by atoms with Gasteiger partial charge in [-0.3, -0.25) is 0 Å². The van der Waals surface area contributed by atoms with E-state index in [-0.39, 0.29) is 24.8 Å². The highest BCUT2D eigenvalue weighted by molar-refractivity contribution is 5.68. The first-order valence-electron chi connectivity index (χ1n) is 7.44. The Hall–Kier alpha value is -1.55. The molecule has 1 atom stereocenters. The number of carbonyl (C=O) groups is 1. The second kappa shape index (κ2) is 7.46. The van der Waals surface area contributed by atoms with Crippen LogP contribution < -0.4 is 0 Å². The summed E-state index contributed by atoms with van der Waals surface area (Å²) in [6.45, 7) is 11.7. The van der Waals surface area contributed by atoms with E-state index < -0.39 is 6.10 Å². The van der Waals surface area contributed by atoms with Gasteiger partial charge in [-0.15, -0.1) is 0 Å². The van der Waals surface area contributed by atoms with Crippen molar-refractivity contribution < 1.29 is 14.6 Å². The van der Waals surface area contributed by atoms with Crippen LogP contribution in [0.25, 0.3) is 0 Å².